The third kappa shape index (κ3) is 4.24. The van der Waals surface area contributed by atoms with Gasteiger partial charge in [-0.3, -0.25) is 4.79 Å². The molecular weight excluding hydrogens is 360 g/mol. The summed E-state index contributed by atoms with van der Waals surface area (Å²) in [4.78, 5) is 12.7. The van der Waals surface area contributed by atoms with Crippen LogP contribution in [-0.4, -0.2) is 5.78 Å². The normalized spacial score (nSPS) is 14.3. The minimum atomic E-state index is -0.278. The number of hydrogen-bond acceptors (Lipinski definition) is 3. The van der Waals surface area contributed by atoms with Crippen LogP contribution in [0.2, 0.25) is 0 Å². The summed E-state index contributed by atoms with van der Waals surface area (Å²) >= 11 is 0. The third-order valence-electron chi connectivity index (χ3n) is 5.15. The number of hydrogen-bond donors (Lipinski definition) is 0. The van der Waals surface area contributed by atoms with E-state index in [1.54, 1.807) is 6.08 Å². The molecule has 3 nitrogen and oxygen atoms in total. The summed E-state index contributed by atoms with van der Waals surface area (Å²) in [5, 5.41) is 0. The smallest absolute Gasteiger partial charge is 0.189 e. The fourth-order valence-corrected chi connectivity index (χ4v) is 3.48. The van der Waals surface area contributed by atoms with Crippen LogP contribution in [0.3, 0.4) is 0 Å². The highest BCUT2D eigenvalue weighted by Gasteiger charge is 2.31. The lowest BCUT2D eigenvalue weighted by atomic mass is 9.76. The molecule has 0 atom stereocenters. The summed E-state index contributed by atoms with van der Waals surface area (Å²) in [5.41, 5.74) is 3.42. The summed E-state index contributed by atoms with van der Waals surface area (Å²) in [6, 6.07) is 23.8. The van der Waals surface area contributed by atoms with Gasteiger partial charge in [0.05, 0.1) is 5.56 Å². The number of carbonyl (C=O) groups excluding carboxylic acids is 1. The zero-order valence-electron chi connectivity index (χ0n) is 16.7. The van der Waals surface area contributed by atoms with Gasteiger partial charge in [0.15, 0.2) is 5.78 Å². The summed E-state index contributed by atoms with van der Waals surface area (Å²) in [7, 11) is 0. The molecule has 0 unspecified atom stereocenters. The number of fused-ring (bicyclic) bond motifs is 1. The van der Waals surface area contributed by atoms with Gasteiger partial charge in [0.2, 0.25) is 0 Å². The van der Waals surface area contributed by atoms with Crippen molar-refractivity contribution >= 4 is 5.78 Å². The minimum Gasteiger partial charge on any atom is -0.489 e. The first kappa shape index (κ1) is 19.0. The highest BCUT2D eigenvalue weighted by atomic mass is 16.5. The average Bonchev–Trinajstić information content (AvgIpc) is 2.75. The monoisotopic (exact) mass is 384 g/mol. The molecule has 1 aliphatic rings. The lowest BCUT2D eigenvalue weighted by molar-refractivity contribution is 0.103. The van der Waals surface area contributed by atoms with E-state index in [9.17, 15) is 4.79 Å². The maximum absolute atomic E-state index is 12.7. The van der Waals surface area contributed by atoms with Gasteiger partial charge in [0, 0.05) is 11.5 Å². The second kappa shape index (κ2) is 7.96. The van der Waals surface area contributed by atoms with E-state index in [1.165, 1.54) is 0 Å². The highest BCUT2D eigenvalue weighted by Crippen LogP contribution is 2.40. The number of ether oxygens (including phenoxy) is 2. The summed E-state index contributed by atoms with van der Waals surface area (Å²) in [6.45, 7) is 5.04. The molecular formula is C26H24O3. The van der Waals surface area contributed by atoms with Crippen LogP contribution in [0.25, 0.3) is 0 Å². The molecule has 1 aliphatic carbocycles. The van der Waals surface area contributed by atoms with Crippen molar-refractivity contribution in [2.45, 2.75) is 32.5 Å². The average molecular weight is 384 g/mol. The molecule has 0 N–H and O–H groups in total. The molecule has 3 aromatic rings. The van der Waals surface area contributed by atoms with Crippen molar-refractivity contribution in [2.24, 2.45) is 0 Å². The van der Waals surface area contributed by atoms with E-state index >= 15 is 0 Å². The van der Waals surface area contributed by atoms with Crippen LogP contribution < -0.4 is 9.47 Å². The van der Waals surface area contributed by atoms with E-state index in [0.29, 0.717) is 30.3 Å². The Bertz CT molecular complexity index is 1030. The van der Waals surface area contributed by atoms with Gasteiger partial charge in [0.1, 0.15) is 24.7 Å². The maximum atomic E-state index is 12.7. The van der Waals surface area contributed by atoms with Crippen LogP contribution in [0.15, 0.2) is 84.9 Å². The zero-order valence-corrected chi connectivity index (χ0v) is 16.7. The molecule has 0 radical (unpaired) electrons. The first-order valence-electron chi connectivity index (χ1n) is 9.78. The van der Waals surface area contributed by atoms with Gasteiger partial charge < -0.3 is 9.47 Å². The number of ketones is 1. The third-order valence-corrected chi connectivity index (χ3v) is 5.15. The Morgan fingerprint density at radius 3 is 2.00 bits per heavy atom. The molecule has 0 heterocycles. The summed E-state index contributed by atoms with van der Waals surface area (Å²) in [6.07, 6.45) is 3.59. The fraction of sp³-hybridized carbons (Fsp3) is 0.192. The van der Waals surface area contributed by atoms with E-state index in [2.05, 4.69) is 13.8 Å². The maximum Gasteiger partial charge on any atom is 0.189 e. The molecule has 0 spiro atoms. The van der Waals surface area contributed by atoms with E-state index in [1.807, 2.05) is 78.9 Å². The molecule has 3 heteroatoms. The van der Waals surface area contributed by atoms with Crippen molar-refractivity contribution in [3.05, 3.63) is 107 Å². The van der Waals surface area contributed by atoms with Gasteiger partial charge in [0.25, 0.3) is 0 Å². The quantitative estimate of drug-likeness (QED) is 0.533. The first-order chi connectivity index (χ1) is 14.0. The topological polar surface area (TPSA) is 35.5 Å². The molecule has 4 rings (SSSR count). The summed E-state index contributed by atoms with van der Waals surface area (Å²) in [5.74, 6) is 1.24. The molecule has 29 heavy (non-hydrogen) atoms. The molecule has 0 amide bonds. The predicted octanol–water partition coefficient (Wildman–Crippen LogP) is 5.87. The van der Waals surface area contributed by atoms with Crippen molar-refractivity contribution in [2.75, 3.05) is 0 Å². The standard InChI is InChI=1S/C26H24O3/c1-26(2)14-13-23(27)25-22(26)15-21(28-17-19-9-5-3-6-10-19)16-24(25)29-18-20-11-7-4-8-12-20/h3-16H,17-18H2,1-2H3. The predicted molar refractivity (Wildman–Crippen MR) is 114 cm³/mol. The lowest BCUT2D eigenvalue weighted by Crippen LogP contribution is -2.23. The Hall–Kier alpha value is -3.33. The molecule has 3 aromatic carbocycles. The van der Waals surface area contributed by atoms with Crippen LogP contribution in [0.1, 0.15) is 40.9 Å². The van der Waals surface area contributed by atoms with Crippen LogP contribution in [0, 0.1) is 0 Å². The highest BCUT2D eigenvalue weighted by molar-refractivity contribution is 6.09. The molecule has 146 valence electrons. The van der Waals surface area contributed by atoms with Crippen LogP contribution in [0.4, 0.5) is 0 Å². The SMILES string of the molecule is CC1(C)C=CC(=O)c2c(OCc3ccccc3)cc(OCc3ccccc3)cc21. The van der Waals surface area contributed by atoms with Crippen molar-refractivity contribution in [1.29, 1.82) is 0 Å². The number of rotatable bonds is 6. The molecule has 0 saturated carbocycles. The van der Waals surface area contributed by atoms with Gasteiger partial charge in [-0.15, -0.1) is 0 Å². The molecule has 0 aromatic heterocycles. The largest absolute Gasteiger partial charge is 0.489 e. The summed E-state index contributed by atoms with van der Waals surface area (Å²) < 4.78 is 12.2. The van der Waals surface area contributed by atoms with Gasteiger partial charge in [-0.25, -0.2) is 0 Å². The van der Waals surface area contributed by atoms with E-state index < -0.39 is 0 Å². The number of allylic oxidation sites excluding steroid dienone is 2. The number of benzene rings is 3. The fourth-order valence-electron chi connectivity index (χ4n) is 3.48. The van der Waals surface area contributed by atoms with Crippen molar-refractivity contribution < 1.29 is 14.3 Å². The van der Waals surface area contributed by atoms with Crippen LogP contribution in [-0.2, 0) is 18.6 Å². The zero-order chi connectivity index (χ0) is 20.3. The van der Waals surface area contributed by atoms with Crippen LogP contribution in [0.5, 0.6) is 11.5 Å². The molecule has 0 saturated heterocycles. The van der Waals surface area contributed by atoms with Gasteiger partial charge >= 0.3 is 0 Å². The first-order valence-corrected chi connectivity index (χ1v) is 9.78. The van der Waals surface area contributed by atoms with E-state index in [4.69, 9.17) is 9.47 Å². The van der Waals surface area contributed by atoms with E-state index in [0.717, 1.165) is 16.7 Å². The van der Waals surface area contributed by atoms with Gasteiger partial charge in [-0.05, 0) is 28.8 Å². The number of carbonyl (C=O) groups is 1. The minimum absolute atomic E-state index is 0.0306. The molecule has 0 aliphatic heterocycles. The van der Waals surface area contributed by atoms with Crippen molar-refractivity contribution in [3.8, 4) is 11.5 Å². The Labute approximate surface area is 171 Å². The second-order valence-corrected chi connectivity index (χ2v) is 7.81. The molecule has 0 bridgehead atoms. The van der Waals surface area contributed by atoms with E-state index in [-0.39, 0.29) is 11.2 Å². The lowest BCUT2D eigenvalue weighted by Gasteiger charge is -2.29. The Morgan fingerprint density at radius 2 is 1.38 bits per heavy atom. The Morgan fingerprint density at radius 1 is 0.793 bits per heavy atom. The van der Waals surface area contributed by atoms with Crippen LogP contribution >= 0.6 is 0 Å². The van der Waals surface area contributed by atoms with Crippen molar-refractivity contribution in [1.82, 2.24) is 0 Å². The van der Waals surface area contributed by atoms with Gasteiger partial charge in [-0.1, -0.05) is 80.6 Å². The van der Waals surface area contributed by atoms with Gasteiger partial charge in [-0.2, -0.15) is 0 Å². The second-order valence-electron chi connectivity index (χ2n) is 7.81. The Kier molecular flexibility index (Phi) is 5.22. The van der Waals surface area contributed by atoms with Crippen molar-refractivity contribution in [3.63, 3.8) is 0 Å². The Balaban J connectivity index is 1.67. The molecule has 0 fully saturated rings.